The summed E-state index contributed by atoms with van der Waals surface area (Å²) in [4.78, 5) is 0. The number of hydrogen-bond donors (Lipinski definition) is 0. The lowest BCUT2D eigenvalue weighted by Gasteiger charge is -2.25. The molecule has 0 N–H and O–H groups in total. The normalized spacial score (nSPS) is 10.3. The van der Waals surface area contributed by atoms with Crippen molar-refractivity contribution in [2.75, 3.05) is 19.8 Å². The van der Waals surface area contributed by atoms with Crippen LogP contribution in [0.3, 0.4) is 0 Å². The van der Waals surface area contributed by atoms with Gasteiger partial charge in [0.1, 0.15) is 35.5 Å². The van der Waals surface area contributed by atoms with Crippen LogP contribution in [0.25, 0.3) is 0 Å². The molecule has 158 valence electrons. The predicted molar refractivity (Wildman–Crippen MR) is 119 cm³/mol. The van der Waals surface area contributed by atoms with Gasteiger partial charge in [-0.15, -0.1) is 0 Å². The third kappa shape index (κ3) is 4.57. The molecular formula is C24H18N3O4P. The minimum Gasteiger partial charge on any atom is -0.478 e. The monoisotopic (exact) mass is 443 g/mol. The van der Waals surface area contributed by atoms with E-state index >= 15 is 4.57 Å². The molecule has 0 saturated carbocycles. The Balaban J connectivity index is 2.34. The molecule has 0 radical (unpaired) electrons. The van der Waals surface area contributed by atoms with E-state index in [9.17, 15) is 0 Å². The fourth-order valence-electron chi connectivity index (χ4n) is 3.24. The first-order valence-electron chi connectivity index (χ1n) is 9.55. The number of nitrogens with zero attached hydrogens (tertiary/aromatic N) is 3. The number of benzene rings is 3. The molecule has 3 aromatic rings. The van der Waals surface area contributed by atoms with Crippen molar-refractivity contribution in [1.29, 1.82) is 15.8 Å². The molecule has 0 fully saturated rings. The zero-order valence-electron chi connectivity index (χ0n) is 17.0. The zero-order chi connectivity index (χ0) is 22.8. The van der Waals surface area contributed by atoms with Gasteiger partial charge in [0, 0.05) is 0 Å². The van der Waals surface area contributed by atoms with E-state index in [-0.39, 0.29) is 37.1 Å². The molecule has 0 unspecified atom stereocenters. The van der Waals surface area contributed by atoms with Crippen LogP contribution < -0.4 is 30.1 Å². The first-order chi connectivity index (χ1) is 15.7. The van der Waals surface area contributed by atoms with Crippen LogP contribution in [0.4, 0.5) is 0 Å². The number of ether oxygens (including phenoxy) is 3. The molecule has 0 aliphatic heterocycles. The van der Waals surface area contributed by atoms with Crippen LogP contribution in [0.2, 0.25) is 0 Å². The molecule has 32 heavy (non-hydrogen) atoms. The highest BCUT2D eigenvalue weighted by atomic mass is 31.2. The number of para-hydroxylation sites is 3. The van der Waals surface area contributed by atoms with Crippen LogP contribution in [-0.2, 0) is 4.57 Å². The minimum atomic E-state index is -3.71. The van der Waals surface area contributed by atoms with Gasteiger partial charge in [-0.3, -0.25) is 0 Å². The molecule has 0 aliphatic rings. The molecule has 0 saturated heterocycles. The lowest BCUT2D eigenvalue weighted by molar-refractivity contribution is 0.369. The summed E-state index contributed by atoms with van der Waals surface area (Å²) in [6, 6.07) is 26.0. The molecule has 0 heterocycles. The summed E-state index contributed by atoms with van der Waals surface area (Å²) in [6.45, 7) is -0.678. The summed E-state index contributed by atoms with van der Waals surface area (Å²) in [5.41, 5.74) is 0. The van der Waals surface area contributed by atoms with Crippen molar-refractivity contribution in [1.82, 2.24) is 0 Å². The summed E-state index contributed by atoms with van der Waals surface area (Å²) >= 11 is 0. The Morgan fingerprint density at radius 2 is 0.844 bits per heavy atom. The number of hydrogen-bond acceptors (Lipinski definition) is 7. The number of nitriles is 3. The van der Waals surface area contributed by atoms with Gasteiger partial charge < -0.3 is 18.8 Å². The fourth-order valence-corrected chi connectivity index (χ4v) is 6.25. The highest BCUT2D eigenvalue weighted by Gasteiger charge is 2.37. The van der Waals surface area contributed by atoms with E-state index in [1.165, 1.54) is 0 Å². The van der Waals surface area contributed by atoms with E-state index in [4.69, 9.17) is 30.0 Å². The van der Waals surface area contributed by atoms with Gasteiger partial charge in [-0.2, -0.15) is 15.8 Å². The van der Waals surface area contributed by atoms with Crippen molar-refractivity contribution in [2.45, 2.75) is 0 Å². The standard InChI is InChI=1S/C24H18N3O4P/c25-13-16-29-19-7-1-4-10-22(19)32(28,23-11-5-2-8-20(23)30-17-14-26)24-12-6-3-9-21(24)31-18-15-27/h1-12H,16-18H2. The Bertz CT molecular complexity index is 1120. The van der Waals surface area contributed by atoms with Crippen LogP contribution in [0.5, 0.6) is 17.2 Å². The summed E-state index contributed by atoms with van der Waals surface area (Å²) in [5, 5.41) is 28.0. The maximum Gasteiger partial charge on any atom is 0.181 e. The van der Waals surface area contributed by atoms with E-state index in [2.05, 4.69) is 0 Å². The van der Waals surface area contributed by atoms with Crippen LogP contribution in [0.15, 0.2) is 72.8 Å². The van der Waals surface area contributed by atoms with Gasteiger partial charge in [-0.25, -0.2) is 0 Å². The minimum absolute atomic E-state index is 0.226. The van der Waals surface area contributed by atoms with Gasteiger partial charge >= 0.3 is 0 Å². The molecule has 7 nitrogen and oxygen atoms in total. The van der Waals surface area contributed by atoms with E-state index in [1.54, 1.807) is 72.8 Å². The molecule has 0 amide bonds. The summed E-state index contributed by atoms with van der Waals surface area (Å²) < 4.78 is 31.9. The van der Waals surface area contributed by atoms with Gasteiger partial charge in [0.2, 0.25) is 0 Å². The average Bonchev–Trinajstić information content (AvgIpc) is 2.85. The summed E-state index contributed by atoms with van der Waals surface area (Å²) in [5.74, 6) is 0.840. The average molecular weight is 443 g/mol. The third-order valence-electron chi connectivity index (χ3n) is 4.49. The Kier molecular flexibility index (Phi) is 7.50. The Morgan fingerprint density at radius 1 is 0.562 bits per heavy atom. The molecule has 0 bridgehead atoms. The van der Waals surface area contributed by atoms with Crippen molar-refractivity contribution < 1.29 is 18.8 Å². The highest BCUT2D eigenvalue weighted by Crippen LogP contribution is 2.49. The largest absolute Gasteiger partial charge is 0.478 e. The van der Waals surface area contributed by atoms with Gasteiger partial charge in [-0.05, 0) is 36.4 Å². The predicted octanol–water partition coefficient (Wildman–Crippen LogP) is 3.03. The molecule has 3 aromatic carbocycles. The van der Waals surface area contributed by atoms with Crippen LogP contribution >= 0.6 is 7.14 Å². The van der Waals surface area contributed by atoms with Gasteiger partial charge in [-0.1, -0.05) is 36.4 Å². The Hall–Kier alpha value is -4.24. The number of rotatable bonds is 9. The van der Waals surface area contributed by atoms with Crippen LogP contribution in [0.1, 0.15) is 0 Å². The van der Waals surface area contributed by atoms with Crippen molar-refractivity contribution in [3.63, 3.8) is 0 Å². The third-order valence-corrected chi connectivity index (χ3v) is 7.63. The summed E-state index contributed by atoms with van der Waals surface area (Å²) in [7, 11) is -3.71. The first-order valence-corrected chi connectivity index (χ1v) is 11.3. The Labute approximate surface area is 186 Å². The van der Waals surface area contributed by atoms with Gasteiger partial charge in [0.05, 0.1) is 15.9 Å². The SMILES string of the molecule is N#CCOc1ccccc1P(=O)(c1ccccc1OCC#N)c1ccccc1OCC#N. The second-order valence-corrected chi connectivity index (χ2v) is 9.02. The maximum absolute atomic E-state index is 15.1. The van der Waals surface area contributed by atoms with Gasteiger partial charge in [0.25, 0.3) is 0 Å². The van der Waals surface area contributed by atoms with E-state index in [0.717, 1.165) is 0 Å². The zero-order valence-corrected chi connectivity index (χ0v) is 17.9. The lowest BCUT2D eigenvalue weighted by Crippen LogP contribution is -2.29. The van der Waals surface area contributed by atoms with Crippen LogP contribution in [0, 0.1) is 34.0 Å². The lowest BCUT2D eigenvalue weighted by atomic mass is 10.3. The molecule has 3 rings (SSSR count). The van der Waals surface area contributed by atoms with E-state index in [1.807, 2.05) is 18.2 Å². The molecule has 0 aromatic heterocycles. The van der Waals surface area contributed by atoms with Crippen molar-refractivity contribution in [3.8, 4) is 35.5 Å². The Morgan fingerprint density at radius 3 is 1.12 bits per heavy atom. The van der Waals surface area contributed by atoms with E-state index < -0.39 is 7.14 Å². The van der Waals surface area contributed by atoms with Crippen molar-refractivity contribution in [2.24, 2.45) is 0 Å². The van der Waals surface area contributed by atoms with Crippen LogP contribution in [-0.4, -0.2) is 19.8 Å². The molecule has 0 aliphatic carbocycles. The molecule has 0 atom stereocenters. The molecular weight excluding hydrogens is 425 g/mol. The first kappa shape index (κ1) is 22.4. The van der Waals surface area contributed by atoms with Crippen molar-refractivity contribution in [3.05, 3.63) is 72.8 Å². The molecule has 8 heteroatoms. The summed E-state index contributed by atoms with van der Waals surface area (Å²) in [6.07, 6.45) is 0. The van der Waals surface area contributed by atoms with E-state index in [0.29, 0.717) is 15.9 Å². The highest BCUT2D eigenvalue weighted by molar-refractivity contribution is 7.85. The molecule has 0 spiro atoms. The smallest absolute Gasteiger partial charge is 0.181 e. The fraction of sp³-hybridized carbons (Fsp3) is 0.125. The topological polar surface area (TPSA) is 116 Å². The van der Waals surface area contributed by atoms with Crippen molar-refractivity contribution >= 4 is 23.1 Å². The second-order valence-electron chi connectivity index (χ2n) is 6.35. The second kappa shape index (κ2) is 10.7. The maximum atomic E-state index is 15.1. The quantitative estimate of drug-likeness (QED) is 0.467. The van der Waals surface area contributed by atoms with Gasteiger partial charge in [0.15, 0.2) is 27.0 Å².